The number of aliphatic carboxylic acids is 1. The van der Waals surface area contributed by atoms with Crippen LogP contribution in [0.4, 0.5) is 18.9 Å². The first-order chi connectivity index (χ1) is 17.6. The minimum atomic E-state index is -4.40. The van der Waals surface area contributed by atoms with Gasteiger partial charge in [0.05, 0.1) is 11.0 Å². The molecule has 3 aromatic carbocycles. The zero-order valence-corrected chi connectivity index (χ0v) is 20.2. The Morgan fingerprint density at radius 1 is 0.892 bits per heavy atom. The van der Waals surface area contributed by atoms with E-state index in [0.29, 0.717) is 28.8 Å². The molecule has 7 heteroatoms. The molecule has 4 nitrogen and oxygen atoms in total. The molecule has 4 rings (SSSR count). The van der Waals surface area contributed by atoms with Crippen LogP contribution in [0, 0.1) is 5.41 Å². The van der Waals surface area contributed by atoms with Crippen LogP contribution < -0.4 is 5.32 Å². The van der Waals surface area contributed by atoms with Crippen LogP contribution in [-0.4, -0.2) is 17.0 Å². The van der Waals surface area contributed by atoms with Gasteiger partial charge in [-0.05, 0) is 71.9 Å². The summed E-state index contributed by atoms with van der Waals surface area (Å²) in [5.41, 5.74) is 2.11. The number of anilines is 1. The molecule has 0 aromatic heterocycles. The third-order valence-electron chi connectivity index (χ3n) is 6.87. The molecule has 0 unspecified atom stereocenters. The van der Waals surface area contributed by atoms with Gasteiger partial charge < -0.3 is 10.4 Å². The standard InChI is InChI=1S/C30H28F3NO3/c31-30(32,33)25-8-5-7-24(19-25)23-13-10-22(11-14-23)20-29(16-2-1-3-17-29)28(37)34-26-9-4-6-21(18-26)12-15-27(35)36/h4-15,18-19H,1-3,16-17,20H2,(H,34,37)(H,35,36)/b15-12+. The number of carbonyl (C=O) groups excluding carboxylic acids is 1. The van der Waals surface area contributed by atoms with Gasteiger partial charge in [0.15, 0.2) is 0 Å². The Kier molecular flexibility index (Phi) is 7.81. The number of hydrogen-bond donors (Lipinski definition) is 2. The van der Waals surface area contributed by atoms with Crippen molar-refractivity contribution in [2.45, 2.75) is 44.7 Å². The molecule has 0 atom stereocenters. The molecular weight excluding hydrogens is 479 g/mol. The van der Waals surface area contributed by atoms with E-state index in [1.54, 1.807) is 42.5 Å². The lowest BCUT2D eigenvalue weighted by Crippen LogP contribution is -2.40. The van der Waals surface area contributed by atoms with Crippen LogP contribution in [-0.2, 0) is 22.2 Å². The van der Waals surface area contributed by atoms with E-state index in [9.17, 15) is 22.8 Å². The van der Waals surface area contributed by atoms with Crippen molar-refractivity contribution in [3.8, 4) is 11.1 Å². The first-order valence-corrected chi connectivity index (χ1v) is 12.2. The first-order valence-electron chi connectivity index (χ1n) is 12.2. The summed E-state index contributed by atoms with van der Waals surface area (Å²) in [6.45, 7) is 0. The fourth-order valence-corrected chi connectivity index (χ4v) is 4.94. The van der Waals surface area contributed by atoms with Crippen molar-refractivity contribution in [2.75, 3.05) is 5.32 Å². The highest BCUT2D eigenvalue weighted by atomic mass is 19.4. The lowest BCUT2D eigenvalue weighted by molar-refractivity contribution is -0.137. The van der Waals surface area contributed by atoms with E-state index in [1.807, 2.05) is 12.1 Å². The minimum absolute atomic E-state index is 0.0754. The highest BCUT2D eigenvalue weighted by Crippen LogP contribution is 2.41. The van der Waals surface area contributed by atoms with Crippen LogP contribution in [0.25, 0.3) is 17.2 Å². The molecule has 37 heavy (non-hydrogen) atoms. The van der Waals surface area contributed by atoms with E-state index in [0.717, 1.165) is 55.9 Å². The third kappa shape index (κ3) is 6.67. The van der Waals surface area contributed by atoms with Crippen LogP contribution >= 0.6 is 0 Å². The van der Waals surface area contributed by atoms with E-state index in [4.69, 9.17) is 5.11 Å². The Morgan fingerprint density at radius 2 is 1.59 bits per heavy atom. The maximum atomic E-state index is 13.6. The summed E-state index contributed by atoms with van der Waals surface area (Å²) in [6.07, 6.45) is 3.09. The predicted octanol–water partition coefficient (Wildman–Crippen LogP) is 7.60. The fraction of sp³-hybridized carbons (Fsp3) is 0.267. The number of benzene rings is 3. The number of amides is 1. The van der Waals surface area contributed by atoms with Gasteiger partial charge in [-0.25, -0.2) is 4.79 Å². The Bertz CT molecular complexity index is 1290. The molecule has 0 aliphatic heterocycles. The molecule has 1 amide bonds. The van der Waals surface area contributed by atoms with E-state index in [2.05, 4.69) is 5.32 Å². The number of halogens is 3. The second-order valence-electron chi connectivity index (χ2n) is 9.54. The van der Waals surface area contributed by atoms with Crippen LogP contribution in [0.2, 0.25) is 0 Å². The molecule has 192 valence electrons. The zero-order valence-electron chi connectivity index (χ0n) is 20.2. The van der Waals surface area contributed by atoms with Crippen molar-refractivity contribution in [1.82, 2.24) is 0 Å². The topological polar surface area (TPSA) is 66.4 Å². The average Bonchev–Trinajstić information content (AvgIpc) is 2.88. The monoisotopic (exact) mass is 507 g/mol. The van der Waals surface area contributed by atoms with E-state index < -0.39 is 23.1 Å². The summed E-state index contributed by atoms with van der Waals surface area (Å²) in [5.74, 6) is -1.12. The lowest BCUT2D eigenvalue weighted by Gasteiger charge is -2.36. The van der Waals surface area contributed by atoms with Gasteiger partial charge in [0, 0.05) is 11.8 Å². The molecule has 1 saturated carbocycles. The van der Waals surface area contributed by atoms with Crippen molar-refractivity contribution in [3.05, 3.63) is 95.6 Å². The fourth-order valence-electron chi connectivity index (χ4n) is 4.94. The van der Waals surface area contributed by atoms with Gasteiger partial charge in [-0.15, -0.1) is 0 Å². The molecule has 0 spiro atoms. The average molecular weight is 508 g/mol. The van der Waals surface area contributed by atoms with Crippen LogP contribution in [0.5, 0.6) is 0 Å². The molecule has 2 N–H and O–H groups in total. The molecule has 3 aromatic rings. The summed E-state index contributed by atoms with van der Waals surface area (Å²) in [6, 6.07) is 19.7. The number of hydrogen-bond acceptors (Lipinski definition) is 2. The normalized spacial score (nSPS) is 15.4. The Morgan fingerprint density at radius 3 is 2.27 bits per heavy atom. The summed E-state index contributed by atoms with van der Waals surface area (Å²) in [5, 5.41) is 11.9. The number of carboxylic acids is 1. The molecule has 0 radical (unpaired) electrons. The summed E-state index contributed by atoms with van der Waals surface area (Å²) in [4.78, 5) is 24.4. The second kappa shape index (κ2) is 11.0. The number of rotatable bonds is 7. The largest absolute Gasteiger partial charge is 0.478 e. The smallest absolute Gasteiger partial charge is 0.416 e. The Labute approximate surface area is 213 Å². The van der Waals surface area contributed by atoms with E-state index >= 15 is 0 Å². The molecule has 0 saturated heterocycles. The molecule has 0 bridgehead atoms. The van der Waals surface area contributed by atoms with Crippen LogP contribution in [0.3, 0.4) is 0 Å². The highest BCUT2D eigenvalue weighted by molar-refractivity contribution is 5.96. The summed E-state index contributed by atoms with van der Waals surface area (Å²) < 4.78 is 39.3. The maximum Gasteiger partial charge on any atom is 0.416 e. The number of carbonyl (C=O) groups is 2. The summed E-state index contributed by atoms with van der Waals surface area (Å²) >= 11 is 0. The number of carboxylic acid groups (broad SMARTS) is 1. The highest BCUT2D eigenvalue weighted by Gasteiger charge is 2.39. The Hall–Kier alpha value is -3.87. The van der Waals surface area contributed by atoms with Crippen LogP contribution in [0.1, 0.15) is 48.8 Å². The van der Waals surface area contributed by atoms with Crippen LogP contribution in [0.15, 0.2) is 78.9 Å². The van der Waals surface area contributed by atoms with Crippen molar-refractivity contribution in [3.63, 3.8) is 0 Å². The predicted molar refractivity (Wildman–Crippen MR) is 138 cm³/mol. The van der Waals surface area contributed by atoms with Gasteiger partial charge >= 0.3 is 12.1 Å². The van der Waals surface area contributed by atoms with Gasteiger partial charge in [0.25, 0.3) is 0 Å². The maximum absolute atomic E-state index is 13.6. The van der Waals surface area contributed by atoms with Crippen molar-refractivity contribution >= 4 is 23.6 Å². The molecule has 0 heterocycles. The minimum Gasteiger partial charge on any atom is -0.478 e. The van der Waals surface area contributed by atoms with Gasteiger partial charge in [-0.1, -0.05) is 67.8 Å². The van der Waals surface area contributed by atoms with Crippen molar-refractivity contribution in [2.24, 2.45) is 5.41 Å². The molecule has 1 aliphatic carbocycles. The number of alkyl halides is 3. The molecular formula is C30H28F3NO3. The van der Waals surface area contributed by atoms with Crippen molar-refractivity contribution < 1.29 is 27.9 Å². The SMILES string of the molecule is O=C(O)/C=C/c1cccc(NC(=O)C2(Cc3ccc(-c4cccc(C(F)(F)F)c4)cc3)CCCCC2)c1. The number of nitrogens with one attached hydrogen (secondary N) is 1. The van der Waals surface area contributed by atoms with Gasteiger partial charge in [-0.2, -0.15) is 13.2 Å². The van der Waals surface area contributed by atoms with Gasteiger partial charge in [0.2, 0.25) is 5.91 Å². The second-order valence-corrected chi connectivity index (χ2v) is 9.54. The molecule has 1 aliphatic rings. The van der Waals surface area contributed by atoms with Gasteiger partial charge in [0.1, 0.15) is 0 Å². The molecule has 1 fully saturated rings. The van der Waals surface area contributed by atoms with E-state index in [-0.39, 0.29) is 5.91 Å². The summed E-state index contributed by atoms with van der Waals surface area (Å²) in [7, 11) is 0. The quantitative estimate of drug-likeness (QED) is 0.324. The zero-order chi connectivity index (χ0) is 26.5. The lowest BCUT2D eigenvalue weighted by atomic mass is 9.69. The van der Waals surface area contributed by atoms with Gasteiger partial charge in [-0.3, -0.25) is 4.79 Å². The third-order valence-corrected chi connectivity index (χ3v) is 6.87. The first kappa shape index (κ1) is 26.2. The van der Waals surface area contributed by atoms with Crippen molar-refractivity contribution in [1.29, 1.82) is 0 Å². The Balaban J connectivity index is 1.53. The van der Waals surface area contributed by atoms with E-state index in [1.165, 1.54) is 12.1 Å².